The molecule has 0 atom stereocenters. The van der Waals surface area contributed by atoms with Gasteiger partial charge in [-0.3, -0.25) is 0 Å². The van der Waals surface area contributed by atoms with Crippen molar-refractivity contribution in [3.05, 3.63) is 77.4 Å². The highest BCUT2D eigenvalue weighted by Crippen LogP contribution is 2.27. The zero-order chi connectivity index (χ0) is 12.5. The molecule has 0 saturated carbocycles. The van der Waals surface area contributed by atoms with Gasteiger partial charge in [0.25, 0.3) is 0 Å². The highest BCUT2D eigenvalue weighted by Gasteiger charge is 2.07. The molecule has 0 aliphatic carbocycles. The Balaban J connectivity index is 2.16. The average molecular weight is 298 g/mol. The van der Waals surface area contributed by atoms with E-state index >= 15 is 0 Å². The standard InChI is InChI=1S/C16H12BrN/c1-12(14-7-3-4-8-15(14)17)18-11-10-13-6-2-5-9-16(13)18/h2-11H,1H2. The zero-order valence-corrected chi connectivity index (χ0v) is 11.4. The van der Waals surface area contributed by atoms with Crippen molar-refractivity contribution in [2.45, 2.75) is 0 Å². The highest BCUT2D eigenvalue weighted by molar-refractivity contribution is 9.10. The summed E-state index contributed by atoms with van der Waals surface area (Å²) in [4.78, 5) is 0. The molecular weight excluding hydrogens is 286 g/mol. The van der Waals surface area contributed by atoms with E-state index < -0.39 is 0 Å². The van der Waals surface area contributed by atoms with E-state index in [-0.39, 0.29) is 0 Å². The van der Waals surface area contributed by atoms with Gasteiger partial charge in [-0.05, 0) is 23.6 Å². The first-order valence-electron chi connectivity index (χ1n) is 5.77. The Kier molecular flexibility index (Phi) is 2.80. The lowest BCUT2D eigenvalue weighted by atomic mass is 10.1. The topological polar surface area (TPSA) is 4.93 Å². The van der Waals surface area contributed by atoms with Gasteiger partial charge in [0.15, 0.2) is 0 Å². The summed E-state index contributed by atoms with van der Waals surface area (Å²) < 4.78 is 3.18. The molecule has 0 spiro atoms. The summed E-state index contributed by atoms with van der Waals surface area (Å²) >= 11 is 3.57. The third-order valence-corrected chi connectivity index (χ3v) is 3.77. The summed E-state index contributed by atoms with van der Waals surface area (Å²) in [6.45, 7) is 4.21. The molecule has 0 N–H and O–H groups in total. The molecular formula is C16H12BrN. The molecule has 0 radical (unpaired) electrons. The number of hydrogen-bond donors (Lipinski definition) is 0. The van der Waals surface area contributed by atoms with Crippen LogP contribution >= 0.6 is 15.9 Å². The summed E-state index contributed by atoms with van der Waals surface area (Å²) in [5.74, 6) is 0. The van der Waals surface area contributed by atoms with Crippen molar-refractivity contribution < 1.29 is 0 Å². The number of fused-ring (bicyclic) bond motifs is 1. The normalized spacial score (nSPS) is 10.7. The van der Waals surface area contributed by atoms with Crippen LogP contribution in [0.4, 0.5) is 0 Å². The summed E-state index contributed by atoms with van der Waals surface area (Å²) in [6.07, 6.45) is 2.06. The first kappa shape index (κ1) is 11.3. The van der Waals surface area contributed by atoms with Crippen molar-refractivity contribution in [2.75, 3.05) is 0 Å². The minimum Gasteiger partial charge on any atom is -0.317 e. The minimum absolute atomic E-state index is 0.976. The number of para-hydroxylation sites is 1. The lowest BCUT2D eigenvalue weighted by Crippen LogP contribution is -1.96. The fourth-order valence-electron chi connectivity index (χ4n) is 2.14. The zero-order valence-electron chi connectivity index (χ0n) is 9.81. The Bertz CT molecular complexity index is 725. The Morgan fingerprint density at radius 3 is 2.50 bits per heavy atom. The predicted molar refractivity (Wildman–Crippen MR) is 80.5 cm³/mol. The molecule has 0 fully saturated rings. The van der Waals surface area contributed by atoms with E-state index in [0.717, 1.165) is 15.7 Å². The number of rotatable bonds is 2. The van der Waals surface area contributed by atoms with E-state index in [1.54, 1.807) is 0 Å². The minimum atomic E-state index is 0.976. The van der Waals surface area contributed by atoms with Crippen LogP contribution in [0.3, 0.4) is 0 Å². The molecule has 0 saturated heterocycles. The molecule has 0 aliphatic heterocycles. The second-order valence-electron chi connectivity index (χ2n) is 4.17. The van der Waals surface area contributed by atoms with Crippen LogP contribution in [0.1, 0.15) is 5.56 Å². The van der Waals surface area contributed by atoms with Crippen LogP contribution in [0.15, 0.2) is 71.8 Å². The fourth-order valence-corrected chi connectivity index (χ4v) is 2.66. The summed E-state index contributed by atoms with van der Waals surface area (Å²) in [5.41, 5.74) is 3.26. The molecule has 18 heavy (non-hydrogen) atoms. The van der Waals surface area contributed by atoms with E-state index in [4.69, 9.17) is 0 Å². The maximum atomic E-state index is 4.21. The maximum absolute atomic E-state index is 4.21. The fraction of sp³-hybridized carbons (Fsp3) is 0. The second-order valence-corrected chi connectivity index (χ2v) is 5.03. The van der Waals surface area contributed by atoms with E-state index in [2.05, 4.69) is 57.5 Å². The van der Waals surface area contributed by atoms with Crippen LogP contribution in [0.2, 0.25) is 0 Å². The third-order valence-electron chi connectivity index (χ3n) is 3.08. The van der Waals surface area contributed by atoms with E-state index in [0.29, 0.717) is 0 Å². The van der Waals surface area contributed by atoms with E-state index in [1.165, 1.54) is 10.9 Å². The Labute approximate surface area is 114 Å². The van der Waals surface area contributed by atoms with Crippen molar-refractivity contribution in [1.29, 1.82) is 0 Å². The van der Waals surface area contributed by atoms with Crippen LogP contribution < -0.4 is 0 Å². The molecule has 2 aromatic carbocycles. The lowest BCUT2D eigenvalue weighted by molar-refractivity contribution is 1.16. The predicted octanol–water partition coefficient (Wildman–Crippen LogP) is 4.92. The SMILES string of the molecule is C=C(c1ccccc1Br)n1ccc2ccccc21. The van der Waals surface area contributed by atoms with Crippen molar-refractivity contribution >= 4 is 32.5 Å². The molecule has 2 heteroatoms. The smallest absolute Gasteiger partial charge is 0.0528 e. The molecule has 88 valence electrons. The Morgan fingerprint density at radius 2 is 1.67 bits per heavy atom. The van der Waals surface area contributed by atoms with E-state index in [9.17, 15) is 0 Å². The van der Waals surface area contributed by atoms with Gasteiger partial charge < -0.3 is 4.57 Å². The van der Waals surface area contributed by atoms with Gasteiger partial charge in [-0.25, -0.2) is 0 Å². The van der Waals surface area contributed by atoms with Gasteiger partial charge in [0.2, 0.25) is 0 Å². The summed E-state index contributed by atoms with van der Waals surface area (Å²) in [5, 5.41) is 1.23. The largest absolute Gasteiger partial charge is 0.317 e. The average Bonchev–Trinajstić information content (AvgIpc) is 2.82. The molecule has 1 nitrogen and oxygen atoms in total. The molecule has 0 bridgehead atoms. The number of halogens is 1. The highest BCUT2D eigenvalue weighted by atomic mass is 79.9. The van der Waals surface area contributed by atoms with Crippen LogP contribution in [0, 0.1) is 0 Å². The van der Waals surface area contributed by atoms with Crippen LogP contribution in [-0.2, 0) is 0 Å². The third kappa shape index (κ3) is 1.79. The number of aromatic nitrogens is 1. The van der Waals surface area contributed by atoms with Gasteiger partial charge >= 0.3 is 0 Å². The van der Waals surface area contributed by atoms with Crippen molar-refractivity contribution in [2.24, 2.45) is 0 Å². The molecule has 0 unspecified atom stereocenters. The van der Waals surface area contributed by atoms with Crippen LogP contribution in [0.25, 0.3) is 16.6 Å². The molecule has 0 amide bonds. The number of hydrogen-bond acceptors (Lipinski definition) is 0. The first-order valence-corrected chi connectivity index (χ1v) is 6.57. The monoisotopic (exact) mass is 297 g/mol. The molecule has 1 aromatic heterocycles. The van der Waals surface area contributed by atoms with Gasteiger partial charge in [-0.1, -0.05) is 58.9 Å². The van der Waals surface area contributed by atoms with Gasteiger partial charge in [-0.15, -0.1) is 0 Å². The van der Waals surface area contributed by atoms with Gasteiger partial charge in [0.05, 0.1) is 5.52 Å². The Morgan fingerprint density at radius 1 is 0.944 bits per heavy atom. The van der Waals surface area contributed by atoms with Crippen molar-refractivity contribution in [3.63, 3.8) is 0 Å². The van der Waals surface area contributed by atoms with Crippen molar-refractivity contribution in [1.82, 2.24) is 4.57 Å². The second kappa shape index (κ2) is 4.46. The quantitative estimate of drug-likeness (QED) is 0.632. The van der Waals surface area contributed by atoms with Crippen LogP contribution in [0.5, 0.6) is 0 Å². The molecule has 3 aromatic rings. The number of nitrogens with zero attached hydrogens (tertiary/aromatic N) is 1. The number of benzene rings is 2. The first-order chi connectivity index (χ1) is 8.77. The molecule has 1 heterocycles. The molecule has 0 aliphatic rings. The maximum Gasteiger partial charge on any atom is 0.0528 e. The van der Waals surface area contributed by atoms with Gasteiger partial charge in [0.1, 0.15) is 0 Å². The van der Waals surface area contributed by atoms with Gasteiger partial charge in [-0.2, -0.15) is 0 Å². The summed E-state index contributed by atoms with van der Waals surface area (Å²) in [7, 11) is 0. The van der Waals surface area contributed by atoms with E-state index in [1.807, 2.05) is 30.3 Å². The lowest BCUT2D eigenvalue weighted by Gasteiger charge is -2.11. The van der Waals surface area contributed by atoms with Crippen LogP contribution in [-0.4, -0.2) is 4.57 Å². The van der Waals surface area contributed by atoms with Crippen molar-refractivity contribution in [3.8, 4) is 0 Å². The van der Waals surface area contributed by atoms with Gasteiger partial charge in [0, 0.05) is 21.9 Å². The Hall–Kier alpha value is -1.80. The molecule has 3 rings (SSSR count). The summed E-state index contributed by atoms with van der Waals surface area (Å²) in [6, 6.07) is 18.6.